The van der Waals surface area contributed by atoms with Crippen LogP contribution >= 0.6 is 0 Å². The van der Waals surface area contributed by atoms with Crippen molar-refractivity contribution in [2.75, 3.05) is 96.4 Å². The Morgan fingerprint density at radius 2 is 1.27 bits per heavy atom. The number of amides is 7. The lowest BCUT2D eigenvalue weighted by molar-refractivity contribution is -0.124. The molecule has 4 rings (SSSR count). The maximum Gasteiger partial charge on any atom is 0.410 e. The minimum Gasteiger partial charge on any atom is -0.445 e. The van der Waals surface area contributed by atoms with Crippen LogP contribution in [0.25, 0.3) is 0 Å². The molecule has 1 heterocycles. The molecule has 0 bridgehead atoms. The van der Waals surface area contributed by atoms with Gasteiger partial charge in [0.1, 0.15) is 12.6 Å². The Hall–Kier alpha value is -7.28. The van der Waals surface area contributed by atoms with Crippen molar-refractivity contribution in [2.45, 2.75) is 91.1 Å². The van der Waals surface area contributed by atoms with Gasteiger partial charge >= 0.3 is 12.1 Å². The lowest BCUT2D eigenvalue weighted by Gasteiger charge is -2.29. The van der Waals surface area contributed by atoms with E-state index in [0.717, 1.165) is 27.9 Å². The summed E-state index contributed by atoms with van der Waals surface area (Å²) < 4.78 is 33.3. The quantitative estimate of drug-likeness (QED) is 0.0228. The summed E-state index contributed by atoms with van der Waals surface area (Å²) in [4.78, 5) is 79.6. The highest BCUT2D eigenvalue weighted by atomic mass is 16.6. The van der Waals surface area contributed by atoms with Gasteiger partial charge in [0.05, 0.1) is 90.4 Å². The fourth-order valence-corrected chi connectivity index (χ4v) is 8.21. The number of nitrogens with two attached hydrogens (primary N) is 1. The number of carbonyl (C=O) groups excluding carboxylic acids is 6. The molecule has 3 aromatic rings. The van der Waals surface area contributed by atoms with Gasteiger partial charge in [-0.3, -0.25) is 19.2 Å². The van der Waals surface area contributed by atoms with Crippen molar-refractivity contribution >= 4 is 47.1 Å². The van der Waals surface area contributed by atoms with Crippen molar-refractivity contribution in [3.05, 3.63) is 120 Å². The van der Waals surface area contributed by atoms with Crippen LogP contribution in [-0.4, -0.2) is 145 Å². The molecule has 0 aliphatic carbocycles. The molecule has 430 valence electrons. The van der Waals surface area contributed by atoms with Crippen LogP contribution < -0.4 is 37.2 Å². The molecule has 20 nitrogen and oxygen atoms in total. The van der Waals surface area contributed by atoms with E-state index >= 15 is 0 Å². The smallest absolute Gasteiger partial charge is 0.410 e. The van der Waals surface area contributed by atoms with Gasteiger partial charge in [-0.25, -0.2) is 9.59 Å². The predicted octanol–water partition coefficient (Wildman–Crippen LogP) is 5.78. The van der Waals surface area contributed by atoms with Crippen LogP contribution in [0.1, 0.15) is 82.1 Å². The van der Waals surface area contributed by atoms with Crippen LogP contribution in [-0.2, 0) is 60.8 Å². The van der Waals surface area contributed by atoms with Crippen molar-refractivity contribution < 1.29 is 57.2 Å². The highest BCUT2D eigenvalue weighted by molar-refractivity contribution is 5.96. The van der Waals surface area contributed by atoms with Crippen LogP contribution in [0, 0.1) is 23.7 Å². The summed E-state index contributed by atoms with van der Waals surface area (Å²) in [5.41, 5.74) is 10.3. The second-order valence-corrected chi connectivity index (χ2v) is 19.3. The van der Waals surface area contributed by atoms with Crippen molar-refractivity contribution in [3.8, 4) is 11.8 Å². The monoisotopic (exact) mass is 1090 g/mol. The third-order valence-corrected chi connectivity index (χ3v) is 12.5. The molecule has 2 unspecified atom stereocenters. The number of fused-ring (bicyclic) bond motifs is 2. The minimum absolute atomic E-state index is 0.0430. The third kappa shape index (κ3) is 24.1. The van der Waals surface area contributed by atoms with Gasteiger partial charge in [0, 0.05) is 61.9 Å². The second-order valence-electron chi connectivity index (χ2n) is 19.3. The number of rotatable bonds is 37. The van der Waals surface area contributed by atoms with E-state index in [4.69, 9.17) is 34.2 Å². The molecule has 7 amide bonds. The first-order valence-electron chi connectivity index (χ1n) is 26.9. The van der Waals surface area contributed by atoms with Crippen molar-refractivity contribution in [1.82, 2.24) is 26.2 Å². The maximum atomic E-state index is 13.6. The molecule has 0 radical (unpaired) electrons. The van der Waals surface area contributed by atoms with Crippen LogP contribution in [0.15, 0.2) is 97.7 Å². The first-order chi connectivity index (χ1) is 38.1. The van der Waals surface area contributed by atoms with E-state index in [2.05, 4.69) is 51.6 Å². The summed E-state index contributed by atoms with van der Waals surface area (Å²) in [5.74, 6) is 5.58. The van der Waals surface area contributed by atoms with Crippen molar-refractivity contribution in [2.24, 2.45) is 17.6 Å². The summed E-state index contributed by atoms with van der Waals surface area (Å²) in [6.45, 7) is 19.8. The zero-order chi connectivity index (χ0) is 57.4. The Morgan fingerprint density at radius 3 is 1.86 bits per heavy atom. The van der Waals surface area contributed by atoms with Gasteiger partial charge in [-0.15, -0.1) is 6.58 Å². The second kappa shape index (κ2) is 36.0. The summed E-state index contributed by atoms with van der Waals surface area (Å²) in [7, 11) is 1.67. The van der Waals surface area contributed by atoms with Gasteiger partial charge in [-0.05, 0) is 66.1 Å². The van der Waals surface area contributed by atoms with E-state index in [9.17, 15) is 28.8 Å². The molecule has 3 aromatic carbocycles. The summed E-state index contributed by atoms with van der Waals surface area (Å²) >= 11 is 0. The van der Waals surface area contributed by atoms with E-state index in [1.165, 1.54) is 4.90 Å². The Labute approximate surface area is 465 Å². The number of anilines is 2. The van der Waals surface area contributed by atoms with Crippen molar-refractivity contribution in [1.29, 1.82) is 0 Å². The normalized spacial score (nSPS) is 12.7. The number of nitrogens with one attached hydrogen (secondary N) is 5. The zero-order valence-corrected chi connectivity index (χ0v) is 46.6. The lowest BCUT2D eigenvalue weighted by atomic mass is 9.99. The lowest BCUT2D eigenvalue weighted by Crippen LogP contribution is -2.48. The van der Waals surface area contributed by atoms with Gasteiger partial charge in [-0.2, -0.15) is 0 Å². The Balaban J connectivity index is 1.02. The molecular weight excluding hydrogens is 1010 g/mol. The third-order valence-electron chi connectivity index (χ3n) is 12.5. The molecule has 0 saturated heterocycles. The number of primary amides is 1. The minimum atomic E-state index is -0.780. The van der Waals surface area contributed by atoms with Crippen molar-refractivity contribution in [3.63, 3.8) is 0 Å². The summed E-state index contributed by atoms with van der Waals surface area (Å²) in [6, 6.07) is 20.2. The molecule has 0 saturated carbocycles. The number of likely N-dealkylation sites (N-methyl/N-ethyl adjacent to an activating group) is 1. The first-order valence-corrected chi connectivity index (χ1v) is 26.9. The van der Waals surface area contributed by atoms with Gasteiger partial charge in [0.15, 0.2) is 0 Å². The van der Waals surface area contributed by atoms with E-state index in [1.54, 1.807) is 42.3 Å². The van der Waals surface area contributed by atoms with E-state index in [-0.39, 0.29) is 100 Å². The number of hydrogen-bond acceptors (Lipinski definition) is 13. The molecule has 0 fully saturated rings. The first kappa shape index (κ1) is 64.2. The molecule has 1 aliphatic rings. The highest BCUT2D eigenvalue weighted by Crippen LogP contribution is 2.26. The average Bonchev–Trinajstić information content (AvgIpc) is 3.43. The number of carbonyl (C=O) groups is 6. The largest absolute Gasteiger partial charge is 0.445 e. The summed E-state index contributed by atoms with van der Waals surface area (Å²) in [6.07, 6.45) is 2.37. The number of benzene rings is 3. The molecule has 0 aromatic heterocycles. The number of hydrogen-bond donors (Lipinski definition) is 6. The number of nitrogens with zero attached hydrogens (tertiary/aromatic N) is 2. The van der Waals surface area contributed by atoms with Gasteiger partial charge in [0.25, 0.3) is 0 Å². The molecule has 1 aliphatic heterocycles. The highest BCUT2D eigenvalue weighted by Gasteiger charge is 2.26. The molecule has 79 heavy (non-hydrogen) atoms. The topological polar surface area (TPSA) is 250 Å². The zero-order valence-electron chi connectivity index (χ0n) is 46.6. The standard InChI is InChI=1S/C59H82N8O12/c1-8-51(42(2)3)66(7)59(73)79-41-45-19-23-49(24-20-45)64-57(71)50(17-13-28-62-58(60)72)63-44(6)56(43(4)5)65-54(69)27-31-75-33-35-77-37-39-78-38-36-76-34-32-74-30-26-53(68)61-29-25-55(70)67-40-48-16-10-9-14-46(48)21-22-47-15-11-12-18-52(47)67/h8-12,14-16,18-20,23-24,42-43,50-51,56,63H,1,6,13,17,25-41H2,2-5,7H3,(H,61,68)(H,64,71)(H,65,69)(H3,60,62,72)/t50-,51?,56?/m0/s1. The van der Waals surface area contributed by atoms with Crippen LogP contribution in [0.3, 0.4) is 0 Å². The van der Waals surface area contributed by atoms with Crippen LogP contribution in [0.5, 0.6) is 0 Å². The molecule has 7 N–H and O–H groups in total. The summed E-state index contributed by atoms with van der Waals surface area (Å²) in [5, 5.41) is 14.5. The SMILES string of the molecule is C=CC(C(C)C)N(C)C(=O)OCc1ccc(NC(=O)[C@H](CCCNC(N)=O)NC(=C)C(NC(=O)CCOCCOCCOCCOCCOCCC(=O)NCCC(=O)N2Cc3ccccc3C#Cc3ccccc32)C(C)C)cc1. The number of ether oxygens (including phenoxy) is 6. The Kier molecular flexibility index (Phi) is 29.3. The van der Waals surface area contributed by atoms with Crippen LogP contribution in [0.2, 0.25) is 0 Å². The average molecular weight is 1100 g/mol. The Bertz CT molecular complexity index is 2490. The van der Waals surface area contributed by atoms with E-state index < -0.39 is 24.2 Å². The molecule has 0 spiro atoms. The Morgan fingerprint density at radius 1 is 0.696 bits per heavy atom. The van der Waals surface area contributed by atoms with Crippen LogP contribution in [0.4, 0.5) is 21.0 Å². The molecular formula is C59H82N8O12. The fraction of sp³-hybridized carbons (Fsp3) is 0.492. The number of para-hydroxylation sites is 1. The van der Waals surface area contributed by atoms with Gasteiger partial charge in [0.2, 0.25) is 23.6 Å². The van der Waals surface area contributed by atoms with E-state index in [1.807, 2.05) is 76.2 Å². The maximum absolute atomic E-state index is 13.6. The number of urea groups is 1. The van der Waals surface area contributed by atoms with Gasteiger partial charge in [-0.1, -0.05) is 94.7 Å². The molecule has 3 atom stereocenters. The predicted molar refractivity (Wildman–Crippen MR) is 303 cm³/mol. The van der Waals surface area contributed by atoms with E-state index in [0.29, 0.717) is 77.0 Å². The fourth-order valence-electron chi connectivity index (χ4n) is 8.21. The van der Waals surface area contributed by atoms with Gasteiger partial charge < -0.3 is 70.5 Å². The molecule has 20 heteroatoms.